The minimum absolute atomic E-state index is 0.388. The molecule has 0 saturated heterocycles. The molecular weight excluding hydrogens is 282 g/mol. The fourth-order valence-corrected chi connectivity index (χ4v) is 2.62. The number of carboxylic acid groups (broad SMARTS) is 1. The fraction of sp³-hybridized carbons (Fsp3) is 0.167. The van der Waals surface area contributed by atoms with Gasteiger partial charge in [0.1, 0.15) is 0 Å². The second kappa shape index (κ2) is 5.74. The van der Waals surface area contributed by atoms with Crippen LogP contribution in [0.1, 0.15) is 6.42 Å². The molecule has 2 aromatic rings. The number of hydrogen-bond acceptors (Lipinski definition) is 4. The number of rotatable bonds is 6. The maximum Gasteiger partial charge on any atom is 0.304 e. The molecule has 2 rings (SSSR count). The lowest BCUT2D eigenvalue weighted by Gasteiger charge is -2.07. The number of aromatic nitrogens is 2. The van der Waals surface area contributed by atoms with E-state index in [1.807, 2.05) is 0 Å². The molecule has 0 bridgehead atoms. The smallest absolute Gasteiger partial charge is 0.304 e. The molecule has 0 aliphatic carbocycles. The standard InChI is InChI=1S/C12H13N3O4S/c16-12(17)5-6-20(18,19)15-10-3-1-9(2-4-10)11-7-13-8-14-11/h1-4,7-8,15H,5-6H2,(H,13,14)(H,16,17). The predicted molar refractivity (Wildman–Crippen MR) is 73.7 cm³/mol. The van der Waals surface area contributed by atoms with Crippen LogP contribution in [0.3, 0.4) is 0 Å². The summed E-state index contributed by atoms with van der Waals surface area (Å²) in [7, 11) is -3.65. The number of carboxylic acids is 1. The highest BCUT2D eigenvalue weighted by Gasteiger charge is 2.12. The van der Waals surface area contributed by atoms with E-state index in [2.05, 4.69) is 14.7 Å². The van der Waals surface area contributed by atoms with Crippen molar-refractivity contribution in [3.63, 3.8) is 0 Å². The number of nitrogens with zero attached hydrogens (tertiary/aromatic N) is 1. The van der Waals surface area contributed by atoms with E-state index in [0.717, 1.165) is 11.3 Å². The molecule has 1 aromatic heterocycles. The molecule has 0 saturated carbocycles. The molecule has 20 heavy (non-hydrogen) atoms. The highest BCUT2D eigenvalue weighted by molar-refractivity contribution is 7.92. The van der Waals surface area contributed by atoms with Gasteiger partial charge in [0.25, 0.3) is 0 Å². The fourth-order valence-electron chi connectivity index (χ4n) is 1.58. The van der Waals surface area contributed by atoms with Gasteiger partial charge >= 0.3 is 5.97 Å². The van der Waals surface area contributed by atoms with Crippen LogP contribution in [0.4, 0.5) is 5.69 Å². The van der Waals surface area contributed by atoms with Crippen LogP contribution in [-0.2, 0) is 14.8 Å². The third-order valence-corrected chi connectivity index (χ3v) is 3.84. The van der Waals surface area contributed by atoms with E-state index < -0.39 is 28.2 Å². The predicted octanol–water partition coefficient (Wildman–Crippen LogP) is 1.29. The number of imidazole rings is 1. The topological polar surface area (TPSA) is 112 Å². The van der Waals surface area contributed by atoms with Crippen LogP contribution in [0, 0.1) is 0 Å². The van der Waals surface area contributed by atoms with Crippen LogP contribution in [0.15, 0.2) is 36.8 Å². The third kappa shape index (κ3) is 3.82. The summed E-state index contributed by atoms with van der Waals surface area (Å²) in [5.41, 5.74) is 2.08. The summed E-state index contributed by atoms with van der Waals surface area (Å²) in [6.45, 7) is 0. The van der Waals surface area contributed by atoms with E-state index in [0.29, 0.717) is 5.69 Å². The molecule has 8 heteroatoms. The number of carbonyl (C=O) groups is 1. The Labute approximate surface area is 115 Å². The van der Waals surface area contributed by atoms with Crippen molar-refractivity contribution in [2.75, 3.05) is 10.5 Å². The van der Waals surface area contributed by atoms with E-state index >= 15 is 0 Å². The van der Waals surface area contributed by atoms with Gasteiger partial charge in [0, 0.05) is 5.69 Å². The normalized spacial score (nSPS) is 11.2. The summed E-state index contributed by atoms with van der Waals surface area (Å²) in [5, 5.41) is 8.48. The quantitative estimate of drug-likeness (QED) is 0.743. The maximum atomic E-state index is 11.6. The Balaban J connectivity index is 2.05. The molecule has 0 amide bonds. The van der Waals surface area contributed by atoms with Gasteiger partial charge in [-0.3, -0.25) is 9.52 Å². The van der Waals surface area contributed by atoms with Crippen molar-refractivity contribution >= 4 is 21.7 Å². The number of H-pyrrole nitrogens is 1. The molecule has 0 aliphatic heterocycles. The van der Waals surface area contributed by atoms with Gasteiger partial charge in [-0.1, -0.05) is 12.1 Å². The Hall–Kier alpha value is -2.35. The average Bonchev–Trinajstić information content (AvgIpc) is 2.91. The number of aromatic amines is 1. The van der Waals surface area contributed by atoms with Gasteiger partial charge in [0.05, 0.1) is 30.4 Å². The SMILES string of the molecule is O=C(O)CCS(=O)(=O)Nc1ccc(-c2cnc[nH]2)cc1. The molecule has 0 atom stereocenters. The van der Waals surface area contributed by atoms with Crippen LogP contribution in [0.25, 0.3) is 11.3 Å². The van der Waals surface area contributed by atoms with Crippen molar-refractivity contribution in [1.82, 2.24) is 9.97 Å². The first-order chi connectivity index (χ1) is 9.46. The van der Waals surface area contributed by atoms with Crippen molar-refractivity contribution in [1.29, 1.82) is 0 Å². The summed E-state index contributed by atoms with van der Waals surface area (Å²) in [4.78, 5) is 17.2. The Kier molecular flexibility index (Phi) is 4.04. The third-order valence-electron chi connectivity index (χ3n) is 2.55. The van der Waals surface area contributed by atoms with Gasteiger partial charge in [-0.05, 0) is 17.7 Å². The molecular formula is C12H13N3O4S. The van der Waals surface area contributed by atoms with E-state index in [9.17, 15) is 13.2 Å². The van der Waals surface area contributed by atoms with Crippen molar-refractivity contribution in [3.05, 3.63) is 36.8 Å². The Morgan fingerprint density at radius 1 is 1.30 bits per heavy atom. The Morgan fingerprint density at radius 3 is 2.55 bits per heavy atom. The molecule has 3 N–H and O–H groups in total. The van der Waals surface area contributed by atoms with Crippen LogP contribution in [-0.4, -0.2) is 35.2 Å². The lowest BCUT2D eigenvalue weighted by atomic mass is 10.1. The maximum absolute atomic E-state index is 11.6. The van der Waals surface area contributed by atoms with Gasteiger partial charge in [-0.15, -0.1) is 0 Å². The van der Waals surface area contributed by atoms with Gasteiger partial charge in [0.15, 0.2) is 0 Å². The molecule has 1 aromatic carbocycles. The van der Waals surface area contributed by atoms with Crippen molar-refractivity contribution in [2.45, 2.75) is 6.42 Å². The van der Waals surface area contributed by atoms with Crippen molar-refractivity contribution < 1.29 is 18.3 Å². The Morgan fingerprint density at radius 2 is 2.00 bits per heavy atom. The first-order valence-corrected chi connectivity index (χ1v) is 7.42. The van der Waals surface area contributed by atoms with Crippen molar-refractivity contribution in [2.24, 2.45) is 0 Å². The summed E-state index contributed by atoms with van der Waals surface area (Å²) in [5.74, 6) is -1.60. The lowest BCUT2D eigenvalue weighted by Crippen LogP contribution is -2.18. The van der Waals surface area contributed by atoms with E-state index in [4.69, 9.17) is 5.11 Å². The molecule has 0 fully saturated rings. The summed E-state index contributed by atoms with van der Waals surface area (Å²) in [6.07, 6.45) is 2.78. The van der Waals surface area contributed by atoms with Crippen LogP contribution >= 0.6 is 0 Å². The first kappa shape index (κ1) is 14.1. The van der Waals surface area contributed by atoms with Crippen LogP contribution in [0.2, 0.25) is 0 Å². The Bertz CT molecular complexity index is 678. The zero-order chi connectivity index (χ0) is 14.6. The van der Waals surface area contributed by atoms with Gasteiger partial charge < -0.3 is 10.1 Å². The summed E-state index contributed by atoms with van der Waals surface area (Å²) in [6, 6.07) is 6.69. The molecule has 106 valence electrons. The highest BCUT2D eigenvalue weighted by atomic mass is 32.2. The molecule has 0 spiro atoms. The average molecular weight is 295 g/mol. The second-order valence-corrected chi connectivity index (χ2v) is 5.95. The highest BCUT2D eigenvalue weighted by Crippen LogP contribution is 2.19. The molecule has 0 unspecified atom stereocenters. The molecule has 0 aliphatic rings. The van der Waals surface area contributed by atoms with E-state index in [1.165, 1.54) is 0 Å². The number of nitrogens with one attached hydrogen (secondary N) is 2. The van der Waals surface area contributed by atoms with E-state index in [-0.39, 0.29) is 0 Å². The molecule has 1 heterocycles. The van der Waals surface area contributed by atoms with Gasteiger partial charge in [-0.2, -0.15) is 0 Å². The minimum atomic E-state index is -3.65. The second-order valence-electron chi connectivity index (χ2n) is 4.11. The monoisotopic (exact) mass is 295 g/mol. The van der Waals surface area contributed by atoms with E-state index in [1.54, 1.807) is 36.8 Å². The molecule has 7 nitrogen and oxygen atoms in total. The number of benzene rings is 1. The van der Waals surface area contributed by atoms with Crippen molar-refractivity contribution in [3.8, 4) is 11.3 Å². The minimum Gasteiger partial charge on any atom is -0.481 e. The van der Waals surface area contributed by atoms with Crippen LogP contribution < -0.4 is 4.72 Å². The largest absolute Gasteiger partial charge is 0.481 e. The summed E-state index contributed by atoms with van der Waals surface area (Å²) >= 11 is 0. The number of anilines is 1. The number of hydrogen-bond donors (Lipinski definition) is 3. The van der Waals surface area contributed by atoms with Gasteiger partial charge in [-0.25, -0.2) is 13.4 Å². The zero-order valence-corrected chi connectivity index (χ0v) is 11.2. The first-order valence-electron chi connectivity index (χ1n) is 5.77. The lowest BCUT2D eigenvalue weighted by molar-refractivity contribution is -0.136. The number of aliphatic carboxylic acids is 1. The van der Waals surface area contributed by atoms with Crippen LogP contribution in [0.5, 0.6) is 0 Å². The van der Waals surface area contributed by atoms with Gasteiger partial charge in [0.2, 0.25) is 10.0 Å². The number of sulfonamides is 1. The molecule has 0 radical (unpaired) electrons. The zero-order valence-electron chi connectivity index (χ0n) is 10.4. The summed E-state index contributed by atoms with van der Waals surface area (Å²) < 4.78 is 25.6.